The molecule has 0 aromatic carbocycles. The van der Waals surface area contributed by atoms with Crippen molar-refractivity contribution in [2.45, 2.75) is 61.4 Å². The fraction of sp³-hybridized carbons (Fsp3) is 0.917. The van der Waals surface area contributed by atoms with E-state index < -0.39 is 74.0 Å². The van der Waals surface area contributed by atoms with Crippen molar-refractivity contribution in [2.24, 2.45) is 0 Å². The molecule has 2 saturated heterocycles. The minimum absolute atomic E-state index is 0.738. The second-order valence-corrected chi connectivity index (χ2v) is 5.56. The summed E-state index contributed by atoms with van der Waals surface area (Å²) < 4.78 is 14.8. The lowest BCUT2D eigenvalue weighted by Gasteiger charge is -2.44. The second kappa shape index (κ2) is 7.53. The van der Waals surface area contributed by atoms with E-state index in [2.05, 4.69) is 4.74 Å². The number of aliphatic hydroxyl groups excluding tert-OH is 7. The van der Waals surface area contributed by atoms with Gasteiger partial charge in [-0.3, -0.25) is 0 Å². The molecule has 0 bridgehead atoms. The standard InChI is InChI=1S/C12H20O12/c13-1-2-3(14)4(15)7(18)12(22-2)24-8-5(16)6(17)11(21)23-9(8)10(19)20/h2-9,11-18,21H,1H2,(H,19,20)/t2-,3+,4-,5-,6+,7-,8+,9-,11+,12+/m1/s1. The molecule has 0 spiro atoms. The van der Waals surface area contributed by atoms with Crippen LogP contribution in [0.5, 0.6) is 0 Å². The third-order valence-electron chi connectivity index (χ3n) is 3.95. The Bertz CT molecular complexity index is 444. The number of hydrogen-bond acceptors (Lipinski definition) is 11. The molecule has 2 fully saturated rings. The fourth-order valence-electron chi connectivity index (χ4n) is 2.54. The molecule has 0 aromatic heterocycles. The van der Waals surface area contributed by atoms with Gasteiger partial charge in [-0.1, -0.05) is 0 Å². The van der Waals surface area contributed by atoms with Crippen LogP contribution in [0.2, 0.25) is 0 Å². The van der Waals surface area contributed by atoms with Gasteiger partial charge < -0.3 is 55.1 Å². The highest BCUT2D eigenvalue weighted by atomic mass is 16.7. The lowest BCUT2D eigenvalue weighted by molar-refractivity contribution is -0.350. The minimum atomic E-state index is -1.98. The molecule has 2 aliphatic heterocycles. The zero-order valence-corrected chi connectivity index (χ0v) is 12.2. The SMILES string of the molecule is O=C(O)[C@@H]1O[C@H](O)[C@@H](O)[C@@H](O)[C@@H]1O[C@@H]1O[C@H](CO)[C@H](O)[C@@H](O)[C@H]1O. The Morgan fingerprint density at radius 2 is 1.50 bits per heavy atom. The number of carboxylic acid groups (broad SMARTS) is 1. The van der Waals surface area contributed by atoms with Gasteiger partial charge in [0.2, 0.25) is 0 Å². The van der Waals surface area contributed by atoms with Gasteiger partial charge in [-0.2, -0.15) is 0 Å². The van der Waals surface area contributed by atoms with Gasteiger partial charge in [0.1, 0.15) is 42.7 Å². The fourth-order valence-corrected chi connectivity index (χ4v) is 2.54. The molecular weight excluding hydrogens is 336 g/mol. The maximum absolute atomic E-state index is 11.2. The molecule has 2 aliphatic rings. The quantitative estimate of drug-likeness (QED) is 0.238. The van der Waals surface area contributed by atoms with Crippen molar-refractivity contribution in [3.8, 4) is 0 Å². The van der Waals surface area contributed by atoms with Crippen LogP contribution in [0.25, 0.3) is 0 Å². The predicted octanol–water partition coefficient (Wildman–Crippen LogP) is -5.30. The Labute approximate surface area is 135 Å². The van der Waals surface area contributed by atoms with Gasteiger partial charge in [0.15, 0.2) is 18.7 Å². The largest absolute Gasteiger partial charge is 0.479 e. The van der Waals surface area contributed by atoms with Crippen LogP contribution in [0.4, 0.5) is 0 Å². The molecule has 0 radical (unpaired) electrons. The summed E-state index contributed by atoms with van der Waals surface area (Å²) >= 11 is 0. The van der Waals surface area contributed by atoms with Gasteiger partial charge in [0, 0.05) is 0 Å². The summed E-state index contributed by atoms with van der Waals surface area (Å²) in [5.41, 5.74) is 0. The van der Waals surface area contributed by atoms with E-state index in [1.54, 1.807) is 0 Å². The molecule has 0 aromatic rings. The molecule has 2 rings (SSSR count). The monoisotopic (exact) mass is 356 g/mol. The molecule has 8 N–H and O–H groups in total. The Morgan fingerprint density at radius 1 is 0.875 bits per heavy atom. The highest BCUT2D eigenvalue weighted by Gasteiger charge is 2.52. The molecular formula is C12H20O12. The Kier molecular flexibility index (Phi) is 6.09. The summed E-state index contributed by atoms with van der Waals surface area (Å²) in [5, 5.41) is 76.2. The highest BCUT2D eigenvalue weighted by Crippen LogP contribution is 2.28. The van der Waals surface area contributed by atoms with Gasteiger partial charge in [-0.05, 0) is 0 Å². The van der Waals surface area contributed by atoms with Crippen molar-refractivity contribution in [3.05, 3.63) is 0 Å². The number of carbonyl (C=O) groups is 1. The first-order chi connectivity index (χ1) is 11.2. The molecule has 0 amide bonds. The highest BCUT2D eigenvalue weighted by molar-refractivity contribution is 5.73. The number of aliphatic carboxylic acids is 1. The van der Waals surface area contributed by atoms with Gasteiger partial charge in [0.05, 0.1) is 6.61 Å². The molecule has 2 heterocycles. The maximum Gasteiger partial charge on any atom is 0.335 e. The molecule has 0 saturated carbocycles. The normalized spacial score (nSPS) is 49.8. The van der Waals surface area contributed by atoms with Crippen LogP contribution in [0.15, 0.2) is 0 Å². The van der Waals surface area contributed by atoms with E-state index in [9.17, 15) is 35.4 Å². The number of ether oxygens (including phenoxy) is 3. The summed E-state index contributed by atoms with van der Waals surface area (Å²) in [6.07, 6.45) is -17.8. The van der Waals surface area contributed by atoms with E-state index in [1.807, 2.05) is 0 Å². The van der Waals surface area contributed by atoms with Crippen molar-refractivity contribution in [1.29, 1.82) is 0 Å². The lowest BCUT2D eigenvalue weighted by Crippen LogP contribution is -2.65. The first-order valence-electron chi connectivity index (χ1n) is 7.07. The Balaban J connectivity index is 2.18. The molecule has 0 aliphatic carbocycles. The average molecular weight is 356 g/mol. The van der Waals surface area contributed by atoms with E-state index in [4.69, 9.17) is 19.7 Å². The number of carboxylic acids is 1. The third kappa shape index (κ3) is 3.52. The van der Waals surface area contributed by atoms with E-state index >= 15 is 0 Å². The first-order valence-corrected chi connectivity index (χ1v) is 7.07. The number of rotatable bonds is 4. The molecule has 12 nitrogen and oxygen atoms in total. The summed E-state index contributed by atoms with van der Waals surface area (Å²) in [7, 11) is 0. The van der Waals surface area contributed by atoms with E-state index in [1.165, 1.54) is 0 Å². The van der Waals surface area contributed by atoms with Crippen LogP contribution < -0.4 is 0 Å². The van der Waals surface area contributed by atoms with Crippen LogP contribution in [-0.2, 0) is 19.0 Å². The molecule has 24 heavy (non-hydrogen) atoms. The summed E-state index contributed by atoms with van der Waals surface area (Å²) in [4.78, 5) is 11.2. The van der Waals surface area contributed by atoms with Crippen LogP contribution in [0.1, 0.15) is 0 Å². The van der Waals surface area contributed by atoms with Crippen molar-refractivity contribution >= 4 is 5.97 Å². The summed E-state index contributed by atoms with van der Waals surface area (Å²) in [6, 6.07) is 0. The van der Waals surface area contributed by atoms with Crippen molar-refractivity contribution < 1.29 is 59.9 Å². The first kappa shape index (κ1) is 19.4. The number of hydrogen-bond donors (Lipinski definition) is 8. The molecule has 10 atom stereocenters. The van der Waals surface area contributed by atoms with Crippen molar-refractivity contribution in [3.63, 3.8) is 0 Å². The Hall–Kier alpha value is -0.930. The zero-order chi connectivity index (χ0) is 18.2. The number of aliphatic hydroxyl groups is 7. The predicted molar refractivity (Wildman–Crippen MR) is 69.2 cm³/mol. The van der Waals surface area contributed by atoms with E-state index in [-0.39, 0.29) is 0 Å². The van der Waals surface area contributed by atoms with Gasteiger partial charge >= 0.3 is 5.97 Å². The van der Waals surface area contributed by atoms with Crippen LogP contribution in [0.3, 0.4) is 0 Å². The van der Waals surface area contributed by atoms with E-state index in [0.717, 1.165) is 0 Å². The summed E-state index contributed by atoms with van der Waals surface area (Å²) in [6.45, 7) is -0.738. The zero-order valence-electron chi connectivity index (χ0n) is 12.2. The topological polar surface area (TPSA) is 207 Å². The maximum atomic E-state index is 11.2. The molecule has 0 unspecified atom stereocenters. The van der Waals surface area contributed by atoms with Gasteiger partial charge in [-0.15, -0.1) is 0 Å². The second-order valence-electron chi connectivity index (χ2n) is 5.56. The van der Waals surface area contributed by atoms with Crippen LogP contribution in [0, 0.1) is 0 Å². The average Bonchev–Trinajstić information content (AvgIpc) is 2.54. The molecule has 12 heteroatoms. The van der Waals surface area contributed by atoms with E-state index in [0.29, 0.717) is 0 Å². The van der Waals surface area contributed by atoms with Gasteiger partial charge in [-0.25, -0.2) is 4.79 Å². The van der Waals surface area contributed by atoms with Gasteiger partial charge in [0.25, 0.3) is 0 Å². The Morgan fingerprint density at radius 3 is 2.04 bits per heavy atom. The van der Waals surface area contributed by atoms with Crippen LogP contribution >= 0.6 is 0 Å². The summed E-state index contributed by atoms with van der Waals surface area (Å²) in [5.74, 6) is -1.63. The molecule has 140 valence electrons. The minimum Gasteiger partial charge on any atom is -0.479 e. The van der Waals surface area contributed by atoms with Crippen molar-refractivity contribution in [1.82, 2.24) is 0 Å². The lowest BCUT2D eigenvalue weighted by atomic mass is 9.97. The van der Waals surface area contributed by atoms with Crippen molar-refractivity contribution in [2.75, 3.05) is 6.61 Å². The third-order valence-corrected chi connectivity index (χ3v) is 3.95. The van der Waals surface area contributed by atoms with Crippen LogP contribution in [-0.4, -0.2) is 115 Å². The smallest absolute Gasteiger partial charge is 0.335 e.